The Morgan fingerprint density at radius 1 is 0.909 bits per heavy atom. The van der Waals surface area contributed by atoms with Gasteiger partial charge in [-0.2, -0.15) is 0 Å². The molecule has 2 N–H and O–H groups in total. The third-order valence-electron chi connectivity index (χ3n) is 3.04. The van der Waals surface area contributed by atoms with E-state index in [1.807, 2.05) is 0 Å². The zero-order valence-electron chi connectivity index (χ0n) is 11.5. The lowest BCUT2D eigenvalue weighted by Crippen LogP contribution is -2.10. The standard InChI is InChI=1S/C8H7NO3S.C8H6S/c9-13(10,11)8-5-6-3-1-2-4-7(6)12-8;1-2-4-8-7(3-1)5-6-9-8/h1-5H,(H2,9,10,11);1-6H. The van der Waals surface area contributed by atoms with Crippen LogP contribution in [0.15, 0.2) is 75.6 Å². The Morgan fingerprint density at radius 2 is 1.59 bits per heavy atom. The van der Waals surface area contributed by atoms with Gasteiger partial charge in [-0.25, -0.2) is 13.6 Å². The lowest BCUT2D eigenvalue weighted by molar-refractivity contribution is 0.482. The highest BCUT2D eigenvalue weighted by Crippen LogP contribution is 2.21. The van der Waals surface area contributed by atoms with E-state index < -0.39 is 10.0 Å². The quantitative estimate of drug-likeness (QED) is 0.573. The number of fused-ring (bicyclic) bond motifs is 2. The zero-order valence-corrected chi connectivity index (χ0v) is 13.1. The predicted molar refractivity (Wildman–Crippen MR) is 89.4 cm³/mol. The van der Waals surface area contributed by atoms with Crippen molar-refractivity contribution in [3.05, 3.63) is 66.0 Å². The molecule has 0 fully saturated rings. The molecule has 0 bridgehead atoms. The van der Waals surface area contributed by atoms with E-state index in [-0.39, 0.29) is 5.09 Å². The van der Waals surface area contributed by atoms with E-state index in [4.69, 9.17) is 9.56 Å². The number of para-hydroxylation sites is 1. The maximum Gasteiger partial charge on any atom is 0.271 e. The Hall–Kier alpha value is -2.15. The van der Waals surface area contributed by atoms with Crippen LogP contribution >= 0.6 is 11.3 Å². The zero-order chi connectivity index (χ0) is 15.6. The lowest BCUT2D eigenvalue weighted by Gasteiger charge is -1.87. The van der Waals surface area contributed by atoms with E-state index in [0.29, 0.717) is 5.58 Å². The first-order chi connectivity index (χ1) is 10.5. The number of primary sulfonamides is 1. The van der Waals surface area contributed by atoms with Crippen molar-refractivity contribution >= 4 is 42.4 Å². The number of benzene rings is 2. The van der Waals surface area contributed by atoms with Gasteiger partial charge in [-0.3, -0.25) is 0 Å². The molecule has 4 nitrogen and oxygen atoms in total. The number of sulfonamides is 1. The Kier molecular flexibility index (Phi) is 3.98. The molecule has 2 heterocycles. The van der Waals surface area contributed by atoms with Gasteiger partial charge < -0.3 is 4.42 Å². The molecule has 2 aromatic heterocycles. The minimum Gasteiger partial charge on any atom is -0.443 e. The molecule has 0 aliphatic carbocycles. The molecule has 0 saturated carbocycles. The maximum atomic E-state index is 10.9. The Balaban J connectivity index is 0.000000139. The molecular weight excluding hydrogens is 318 g/mol. The largest absolute Gasteiger partial charge is 0.443 e. The summed E-state index contributed by atoms with van der Waals surface area (Å²) in [7, 11) is -3.73. The van der Waals surface area contributed by atoms with Gasteiger partial charge in [0.1, 0.15) is 5.58 Å². The van der Waals surface area contributed by atoms with Gasteiger partial charge in [0, 0.05) is 16.2 Å². The summed E-state index contributed by atoms with van der Waals surface area (Å²) < 4.78 is 28.2. The molecular formula is C16H13NO3S2. The van der Waals surface area contributed by atoms with E-state index in [1.54, 1.807) is 35.6 Å². The maximum absolute atomic E-state index is 10.9. The number of thiophene rings is 1. The van der Waals surface area contributed by atoms with E-state index in [9.17, 15) is 8.42 Å². The minimum absolute atomic E-state index is 0.200. The van der Waals surface area contributed by atoms with E-state index in [1.165, 1.54) is 16.2 Å². The number of nitrogens with two attached hydrogens (primary N) is 1. The normalized spacial score (nSPS) is 11.3. The third kappa shape index (κ3) is 3.19. The van der Waals surface area contributed by atoms with Crippen molar-refractivity contribution < 1.29 is 12.8 Å². The second-order valence-corrected chi connectivity index (χ2v) is 7.05. The van der Waals surface area contributed by atoms with Crippen LogP contribution in [0.1, 0.15) is 0 Å². The summed E-state index contributed by atoms with van der Waals surface area (Å²) in [5.41, 5.74) is 0.520. The number of rotatable bonds is 1. The van der Waals surface area contributed by atoms with Crippen LogP contribution in [0.5, 0.6) is 0 Å². The smallest absolute Gasteiger partial charge is 0.271 e. The van der Waals surface area contributed by atoms with Crippen molar-refractivity contribution in [2.45, 2.75) is 5.09 Å². The molecule has 0 atom stereocenters. The summed E-state index contributed by atoms with van der Waals surface area (Å²) in [5.74, 6) is 0. The Labute approximate surface area is 131 Å². The van der Waals surface area contributed by atoms with Crippen molar-refractivity contribution in [1.29, 1.82) is 0 Å². The summed E-state index contributed by atoms with van der Waals surface area (Å²) in [6.45, 7) is 0. The molecule has 0 saturated heterocycles. The first-order valence-corrected chi connectivity index (χ1v) is 8.90. The van der Waals surface area contributed by atoms with Crippen LogP contribution in [0.2, 0.25) is 0 Å². The highest BCUT2D eigenvalue weighted by Gasteiger charge is 2.13. The highest BCUT2D eigenvalue weighted by atomic mass is 32.2. The lowest BCUT2D eigenvalue weighted by atomic mass is 10.3. The Bertz CT molecular complexity index is 953. The van der Waals surface area contributed by atoms with Crippen LogP contribution in [0.4, 0.5) is 0 Å². The summed E-state index contributed by atoms with van der Waals surface area (Å²) in [4.78, 5) is 0. The molecule has 0 unspecified atom stereocenters. The molecule has 0 amide bonds. The van der Waals surface area contributed by atoms with Crippen LogP contribution in [-0.4, -0.2) is 8.42 Å². The third-order valence-corrected chi connectivity index (χ3v) is 4.70. The van der Waals surface area contributed by atoms with Gasteiger partial charge in [-0.05, 0) is 29.0 Å². The molecule has 4 rings (SSSR count). The summed E-state index contributed by atoms with van der Waals surface area (Å²) in [6.07, 6.45) is 0. The van der Waals surface area contributed by atoms with Gasteiger partial charge in [0.05, 0.1) is 0 Å². The summed E-state index contributed by atoms with van der Waals surface area (Å²) in [6, 6.07) is 18.9. The van der Waals surface area contributed by atoms with Crippen LogP contribution in [0.3, 0.4) is 0 Å². The first kappa shape index (κ1) is 14.8. The topological polar surface area (TPSA) is 73.3 Å². The molecule has 0 radical (unpaired) electrons. The fourth-order valence-electron chi connectivity index (χ4n) is 2.00. The number of furan rings is 1. The number of hydrogen-bond acceptors (Lipinski definition) is 4. The average molecular weight is 331 g/mol. The summed E-state index contributed by atoms with van der Waals surface area (Å²) >= 11 is 1.79. The molecule has 0 spiro atoms. The second kappa shape index (κ2) is 5.92. The molecule has 112 valence electrons. The van der Waals surface area contributed by atoms with Crippen molar-refractivity contribution in [3.8, 4) is 0 Å². The predicted octanol–water partition coefficient (Wildman–Crippen LogP) is 3.98. The molecule has 0 aliphatic heterocycles. The van der Waals surface area contributed by atoms with Gasteiger partial charge in [0.2, 0.25) is 5.09 Å². The molecule has 4 aromatic rings. The average Bonchev–Trinajstić information content (AvgIpc) is 3.14. The van der Waals surface area contributed by atoms with Crippen LogP contribution in [-0.2, 0) is 10.0 Å². The van der Waals surface area contributed by atoms with E-state index in [0.717, 1.165) is 5.39 Å². The van der Waals surface area contributed by atoms with E-state index >= 15 is 0 Å². The van der Waals surface area contributed by atoms with E-state index in [2.05, 4.69) is 35.7 Å². The van der Waals surface area contributed by atoms with Gasteiger partial charge in [-0.15, -0.1) is 11.3 Å². The van der Waals surface area contributed by atoms with Gasteiger partial charge in [0.15, 0.2) is 0 Å². The van der Waals surface area contributed by atoms with Gasteiger partial charge >= 0.3 is 0 Å². The fraction of sp³-hybridized carbons (Fsp3) is 0. The fourth-order valence-corrected chi connectivity index (χ4v) is 3.29. The molecule has 0 aliphatic rings. The number of hydrogen-bond donors (Lipinski definition) is 1. The second-order valence-electron chi connectivity index (χ2n) is 4.61. The van der Waals surface area contributed by atoms with Gasteiger partial charge in [-0.1, -0.05) is 36.4 Å². The summed E-state index contributed by atoms with van der Waals surface area (Å²) in [5, 5.41) is 8.89. The van der Waals surface area contributed by atoms with Crippen molar-refractivity contribution in [1.82, 2.24) is 0 Å². The first-order valence-electron chi connectivity index (χ1n) is 6.48. The minimum atomic E-state index is -3.73. The molecule has 6 heteroatoms. The SMILES string of the molecule is NS(=O)(=O)c1cc2ccccc2o1.c1ccc2sccc2c1. The highest BCUT2D eigenvalue weighted by molar-refractivity contribution is 7.89. The van der Waals surface area contributed by atoms with Crippen molar-refractivity contribution in [3.63, 3.8) is 0 Å². The van der Waals surface area contributed by atoms with Crippen molar-refractivity contribution in [2.24, 2.45) is 5.14 Å². The molecule has 22 heavy (non-hydrogen) atoms. The van der Waals surface area contributed by atoms with Crippen LogP contribution in [0, 0.1) is 0 Å². The monoisotopic (exact) mass is 331 g/mol. The van der Waals surface area contributed by atoms with Gasteiger partial charge in [0.25, 0.3) is 10.0 Å². The van der Waals surface area contributed by atoms with Crippen LogP contribution < -0.4 is 5.14 Å². The van der Waals surface area contributed by atoms with Crippen LogP contribution in [0.25, 0.3) is 21.1 Å². The van der Waals surface area contributed by atoms with Crippen molar-refractivity contribution in [2.75, 3.05) is 0 Å². The Morgan fingerprint density at radius 3 is 2.27 bits per heavy atom. The molecule has 2 aromatic carbocycles.